The molecule has 1 atom stereocenters. The molecule has 0 aromatic heterocycles. The van der Waals surface area contributed by atoms with Crippen LogP contribution in [0.25, 0.3) is 0 Å². The third-order valence-corrected chi connectivity index (χ3v) is 7.12. The number of carbonyl (C=O) groups excluding carboxylic acids is 2. The lowest BCUT2D eigenvalue weighted by atomic mass is 10.1. The highest BCUT2D eigenvalue weighted by Crippen LogP contribution is 2.32. The summed E-state index contributed by atoms with van der Waals surface area (Å²) in [5.74, 6) is -0.662. The molecule has 2 aromatic rings. The molecular formula is C19H19Cl2N3O4S. The van der Waals surface area contributed by atoms with Gasteiger partial charge < -0.3 is 10.2 Å². The molecule has 1 heterocycles. The van der Waals surface area contributed by atoms with Crippen LogP contribution in [0.5, 0.6) is 0 Å². The summed E-state index contributed by atoms with van der Waals surface area (Å²) in [6, 6.07) is 10.4. The Kier molecular flexibility index (Phi) is 6.19. The number of carbonyl (C=O) groups is 2. The maximum Gasteiger partial charge on any atom is 0.243 e. The van der Waals surface area contributed by atoms with Crippen LogP contribution in [0, 0.1) is 0 Å². The molecule has 7 nitrogen and oxygen atoms in total. The van der Waals surface area contributed by atoms with E-state index in [0.29, 0.717) is 11.4 Å². The number of fused-ring (bicyclic) bond motifs is 1. The van der Waals surface area contributed by atoms with Crippen LogP contribution in [-0.2, 0) is 19.6 Å². The van der Waals surface area contributed by atoms with Gasteiger partial charge in [-0.05, 0) is 37.3 Å². The third-order valence-electron chi connectivity index (χ3n) is 4.59. The summed E-state index contributed by atoms with van der Waals surface area (Å²) in [4.78, 5) is 26.5. The van der Waals surface area contributed by atoms with Crippen LogP contribution in [-0.4, -0.2) is 44.2 Å². The minimum absolute atomic E-state index is 0.0663. The summed E-state index contributed by atoms with van der Waals surface area (Å²) in [6.07, 6.45) is 0.101. The standard InChI is InChI=1S/C19H19Cl2N3O4S/c1-12-9-18(25)22-16-5-3-4-6-17(16)24(12)19(26)11-23(2)29(27,28)13-7-8-14(20)15(21)10-13/h3-8,10,12H,9,11H2,1-2H3,(H,22,25). The van der Waals surface area contributed by atoms with E-state index < -0.39 is 28.5 Å². The van der Waals surface area contributed by atoms with Gasteiger partial charge in [-0.1, -0.05) is 35.3 Å². The molecule has 0 bridgehead atoms. The summed E-state index contributed by atoms with van der Waals surface area (Å²) >= 11 is 11.8. The van der Waals surface area contributed by atoms with E-state index >= 15 is 0 Å². The Morgan fingerprint density at radius 2 is 1.90 bits per heavy atom. The zero-order valence-electron chi connectivity index (χ0n) is 15.7. The number of halogens is 2. The summed E-state index contributed by atoms with van der Waals surface area (Å²) in [6.45, 7) is 1.34. The Balaban J connectivity index is 1.88. The van der Waals surface area contributed by atoms with Crippen molar-refractivity contribution in [2.75, 3.05) is 23.8 Å². The van der Waals surface area contributed by atoms with Gasteiger partial charge in [0.05, 0.1) is 32.9 Å². The molecule has 0 radical (unpaired) electrons. The lowest BCUT2D eigenvalue weighted by Gasteiger charge is -2.29. The second-order valence-corrected chi connectivity index (χ2v) is 9.58. The minimum Gasteiger partial charge on any atom is -0.324 e. The zero-order chi connectivity index (χ0) is 21.3. The van der Waals surface area contributed by atoms with Crippen LogP contribution >= 0.6 is 23.2 Å². The lowest BCUT2D eigenvalue weighted by molar-refractivity contribution is -0.119. The smallest absolute Gasteiger partial charge is 0.243 e. The monoisotopic (exact) mass is 455 g/mol. The largest absolute Gasteiger partial charge is 0.324 e. The van der Waals surface area contributed by atoms with Crippen LogP contribution in [0.3, 0.4) is 0 Å². The second kappa shape index (κ2) is 8.31. The van der Waals surface area contributed by atoms with Crippen LogP contribution < -0.4 is 10.2 Å². The number of nitrogens with zero attached hydrogens (tertiary/aromatic N) is 2. The normalized spacial score (nSPS) is 16.9. The molecule has 0 aliphatic carbocycles. The van der Waals surface area contributed by atoms with Crippen molar-refractivity contribution < 1.29 is 18.0 Å². The number of sulfonamides is 1. The molecule has 0 saturated heterocycles. The van der Waals surface area contributed by atoms with Crippen molar-refractivity contribution in [2.24, 2.45) is 0 Å². The summed E-state index contributed by atoms with van der Waals surface area (Å²) in [5, 5.41) is 3.10. The molecule has 2 amide bonds. The van der Waals surface area contributed by atoms with Crippen LogP contribution in [0.15, 0.2) is 47.4 Å². The van der Waals surface area contributed by atoms with E-state index in [2.05, 4.69) is 5.32 Å². The lowest BCUT2D eigenvalue weighted by Crippen LogP contribution is -2.45. The molecule has 0 saturated carbocycles. The molecule has 1 N–H and O–H groups in total. The molecule has 1 aliphatic heterocycles. The number of anilines is 2. The predicted molar refractivity (Wildman–Crippen MR) is 113 cm³/mol. The maximum atomic E-state index is 13.1. The number of amides is 2. The molecule has 0 spiro atoms. The Hall–Kier alpha value is -2.13. The number of hydrogen-bond donors (Lipinski definition) is 1. The van der Waals surface area contributed by atoms with E-state index in [1.54, 1.807) is 31.2 Å². The van der Waals surface area contributed by atoms with E-state index in [4.69, 9.17) is 23.2 Å². The Bertz CT molecular complexity index is 1070. The third kappa shape index (κ3) is 4.40. The van der Waals surface area contributed by atoms with Gasteiger partial charge in [-0.25, -0.2) is 8.42 Å². The molecule has 10 heteroatoms. The topological polar surface area (TPSA) is 86.8 Å². The van der Waals surface area contributed by atoms with Crippen LogP contribution in [0.2, 0.25) is 10.0 Å². The average molecular weight is 456 g/mol. The van der Waals surface area contributed by atoms with Gasteiger partial charge in [0.1, 0.15) is 0 Å². The van der Waals surface area contributed by atoms with Gasteiger partial charge in [0.2, 0.25) is 21.8 Å². The van der Waals surface area contributed by atoms with Gasteiger partial charge in [-0.3, -0.25) is 9.59 Å². The molecule has 154 valence electrons. The quantitative estimate of drug-likeness (QED) is 0.765. The van der Waals surface area contributed by atoms with Crippen molar-refractivity contribution >= 4 is 56.4 Å². The number of likely N-dealkylation sites (N-methyl/N-ethyl adjacent to an activating group) is 1. The van der Waals surface area contributed by atoms with Gasteiger partial charge in [0, 0.05) is 19.5 Å². The SMILES string of the molecule is CC1CC(=O)Nc2ccccc2N1C(=O)CN(C)S(=O)(=O)c1ccc(Cl)c(Cl)c1. The Labute approximate surface area is 179 Å². The first-order chi connectivity index (χ1) is 13.6. The Morgan fingerprint density at radius 1 is 1.21 bits per heavy atom. The fourth-order valence-electron chi connectivity index (χ4n) is 3.14. The van der Waals surface area contributed by atoms with E-state index in [-0.39, 0.29) is 27.3 Å². The Morgan fingerprint density at radius 3 is 2.59 bits per heavy atom. The maximum absolute atomic E-state index is 13.1. The van der Waals surface area contributed by atoms with Crippen molar-refractivity contribution in [3.8, 4) is 0 Å². The fourth-order valence-corrected chi connectivity index (χ4v) is 4.65. The fraction of sp³-hybridized carbons (Fsp3) is 0.263. The van der Waals surface area contributed by atoms with E-state index in [1.165, 1.54) is 30.1 Å². The van der Waals surface area contributed by atoms with Gasteiger partial charge in [-0.15, -0.1) is 0 Å². The van der Waals surface area contributed by atoms with Crippen molar-refractivity contribution in [2.45, 2.75) is 24.3 Å². The van der Waals surface area contributed by atoms with E-state index in [0.717, 1.165) is 4.31 Å². The summed E-state index contributed by atoms with van der Waals surface area (Å²) in [5.41, 5.74) is 1.03. The van der Waals surface area contributed by atoms with Gasteiger partial charge in [0.25, 0.3) is 0 Å². The van der Waals surface area contributed by atoms with Gasteiger partial charge >= 0.3 is 0 Å². The van der Waals surface area contributed by atoms with E-state index in [1.807, 2.05) is 0 Å². The van der Waals surface area contributed by atoms with Crippen LogP contribution in [0.4, 0.5) is 11.4 Å². The number of rotatable bonds is 4. The molecule has 3 rings (SSSR count). The first-order valence-corrected chi connectivity index (χ1v) is 10.9. The van der Waals surface area contributed by atoms with Gasteiger partial charge in [0.15, 0.2) is 0 Å². The average Bonchev–Trinajstić information content (AvgIpc) is 2.77. The van der Waals surface area contributed by atoms with Crippen LogP contribution in [0.1, 0.15) is 13.3 Å². The summed E-state index contributed by atoms with van der Waals surface area (Å²) < 4.78 is 26.6. The first kappa shape index (κ1) is 21.6. The van der Waals surface area contributed by atoms with Gasteiger partial charge in [-0.2, -0.15) is 4.31 Å². The predicted octanol–water partition coefficient (Wildman–Crippen LogP) is 3.38. The zero-order valence-corrected chi connectivity index (χ0v) is 18.1. The molecule has 1 unspecified atom stereocenters. The highest BCUT2D eigenvalue weighted by Gasteiger charge is 2.32. The number of para-hydroxylation sites is 2. The van der Waals surface area contributed by atoms with Crippen molar-refractivity contribution in [3.63, 3.8) is 0 Å². The molecule has 2 aromatic carbocycles. The molecule has 0 fully saturated rings. The molecular weight excluding hydrogens is 437 g/mol. The molecule has 1 aliphatic rings. The van der Waals surface area contributed by atoms with E-state index in [9.17, 15) is 18.0 Å². The number of benzene rings is 2. The van der Waals surface area contributed by atoms with Crippen molar-refractivity contribution in [1.82, 2.24) is 4.31 Å². The first-order valence-electron chi connectivity index (χ1n) is 8.73. The minimum atomic E-state index is -3.97. The second-order valence-electron chi connectivity index (χ2n) is 6.72. The number of nitrogens with one attached hydrogen (secondary N) is 1. The molecule has 29 heavy (non-hydrogen) atoms. The highest BCUT2D eigenvalue weighted by atomic mass is 35.5. The van der Waals surface area contributed by atoms with Crippen molar-refractivity contribution in [1.29, 1.82) is 0 Å². The highest BCUT2D eigenvalue weighted by molar-refractivity contribution is 7.89. The van der Waals surface area contributed by atoms with Crippen molar-refractivity contribution in [3.05, 3.63) is 52.5 Å². The number of hydrogen-bond acceptors (Lipinski definition) is 4. The summed E-state index contributed by atoms with van der Waals surface area (Å²) in [7, 11) is -2.65.